The van der Waals surface area contributed by atoms with Crippen LogP contribution in [-0.4, -0.2) is 51.1 Å². The Morgan fingerprint density at radius 2 is 1.90 bits per heavy atom. The largest absolute Gasteiger partial charge is 0.377 e. The molecule has 0 bridgehead atoms. The third-order valence-corrected chi connectivity index (χ3v) is 9.21. The van der Waals surface area contributed by atoms with Crippen LogP contribution in [-0.2, 0) is 11.3 Å². The van der Waals surface area contributed by atoms with Crippen LogP contribution in [0.15, 0.2) is 30.3 Å². The number of carbonyl (C=O) groups excluding carboxylic acids is 1. The fourth-order valence-electron chi connectivity index (χ4n) is 6.51. The summed E-state index contributed by atoms with van der Waals surface area (Å²) in [5.74, 6) is 6.09. The van der Waals surface area contributed by atoms with Gasteiger partial charge in [0.05, 0.1) is 19.3 Å². The molecule has 2 unspecified atom stereocenters. The van der Waals surface area contributed by atoms with Crippen molar-refractivity contribution in [2.24, 2.45) is 17.8 Å². The first-order valence-corrected chi connectivity index (χ1v) is 14.9. The van der Waals surface area contributed by atoms with Crippen molar-refractivity contribution in [2.75, 3.05) is 30.0 Å². The number of benzene rings is 1. The molecule has 0 spiro atoms. The van der Waals surface area contributed by atoms with E-state index in [2.05, 4.69) is 51.9 Å². The molecular weight excluding hydrogens is 500 g/mol. The van der Waals surface area contributed by atoms with Crippen molar-refractivity contribution < 1.29 is 9.53 Å². The molecule has 40 heavy (non-hydrogen) atoms. The van der Waals surface area contributed by atoms with Gasteiger partial charge in [0.15, 0.2) is 23.1 Å². The lowest BCUT2D eigenvalue weighted by Gasteiger charge is -2.37. The lowest BCUT2D eigenvalue weighted by atomic mass is 9.80. The highest BCUT2D eigenvalue weighted by Crippen LogP contribution is 2.38. The van der Waals surface area contributed by atoms with Crippen molar-refractivity contribution in [1.29, 1.82) is 0 Å². The van der Waals surface area contributed by atoms with Crippen molar-refractivity contribution in [3.05, 3.63) is 41.7 Å². The Morgan fingerprint density at radius 1 is 1.12 bits per heavy atom. The molecule has 2 atom stereocenters. The summed E-state index contributed by atoms with van der Waals surface area (Å²) >= 11 is 0. The number of Topliss-reactive ketones (excluding diaryl/α,β-unsaturated/α-hetero) is 1. The highest BCUT2D eigenvalue weighted by atomic mass is 16.5. The van der Waals surface area contributed by atoms with Gasteiger partial charge in [-0.25, -0.2) is 9.97 Å². The van der Waals surface area contributed by atoms with Crippen LogP contribution in [0.1, 0.15) is 81.0 Å². The maximum absolute atomic E-state index is 12.5. The van der Waals surface area contributed by atoms with Crippen LogP contribution >= 0.6 is 0 Å². The molecular formula is C32H40N6O2. The van der Waals surface area contributed by atoms with Crippen LogP contribution in [0, 0.1) is 30.1 Å². The van der Waals surface area contributed by atoms with Gasteiger partial charge >= 0.3 is 0 Å². The molecule has 1 saturated heterocycles. The molecule has 0 radical (unpaired) electrons. The quantitative estimate of drug-likeness (QED) is 0.292. The van der Waals surface area contributed by atoms with Gasteiger partial charge in [-0.2, -0.15) is 4.98 Å². The summed E-state index contributed by atoms with van der Waals surface area (Å²) in [5.41, 5.74) is 2.67. The molecule has 3 aliphatic rings. The fourth-order valence-corrected chi connectivity index (χ4v) is 6.51. The van der Waals surface area contributed by atoms with Gasteiger partial charge in [0.2, 0.25) is 5.95 Å². The maximum Gasteiger partial charge on any atom is 0.208 e. The second-order valence-electron chi connectivity index (χ2n) is 11.8. The van der Waals surface area contributed by atoms with E-state index < -0.39 is 0 Å². The van der Waals surface area contributed by atoms with Crippen molar-refractivity contribution in [2.45, 2.75) is 77.4 Å². The first kappa shape index (κ1) is 26.8. The average Bonchev–Trinajstić information content (AvgIpc) is 3.31. The molecule has 1 N–H and O–H groups in total. The number of imidazole rings is 1. The zero-order valence-electron chi connectivity index (χ0n) is 23.7. The van der Waals surface area contributed by atoms with Crippen LogP contribution in [0.25, 0.3) is 11.2 Å². The molecule has 3 fully saturated rings. The summed E-state index contributed by atoms with van der Waals surface area (Å²) in [7, 11) is 0. The number of fused-ring (bicyclic) bond motifs is 1. The molecule has 3 heterocycles. The summed E-state index contributed by atoms with van der Waals surface area (Å²) in [6, 6.07) is 10.8. The minimum Gasteiger partial charge on any atom is -0.377 e. The molecule has 2 aromatic heterocycles. The Kier molecular flexibility index (Phi) is 7.75. The van der Waals surface area contributed by atoms with Gasteiger partial charge in [0.1, 0.15) is 5.52 Å². The van der Waals surface area contributed by atoms with E-state index in [1.54, 1.807) is 0 Å². The Labute approximate surface area is 236 Å². The predicted molar refractivity (Wildman–Crippen MR) is 157 cm³/mol. The molecule has 6 rings (SSSR count). The number of ketones is 1. The van der Waals surface area contributed by atoms with Crippen molar-refractivity contribution in [3.8, 4) is 12.3 Å². The molecule has 0 amide bonds. The van der Waals surface area contributed by atoms with Crippen LogP contribution in [0.3, 0.4) is 0 Å². The van der Waals surface area contributed by atoms with Crippen LogP contribution in [0.4, 0.5) is 11.8 Å². The number of ether oxygens (including phenoxy) is 1. The van der Waals surface area contributed by atoms with Gasteiger partial charge < -0.3 is 19.5 Å². The number of aromatic nitrogens is 4. The lowest BCUT2D eigenvalue weighted by Crippen LogP contribution is -2.41. The minimum absolute atomic E-state index is 0.0354. The van der Waals surface area contributed by atoms with Gasteiger partial charge in [0, 0.05) is 32.0 Å². The number of carbonyl (C=O) groups is 1. The Balaban J connectivity index is 1.46. The van der Waals surface area contributed by atoms with Crippen LogP contribution < -0.4 is 10.2 Å². The standard InChI is InChI=1S/C32H40N6O2/c1-4-23-13-15-24(16-14-23)19-38-28-30(33-21(2)25-11-8-12-25)34-29(22(3)39)35-31(28)36-32(38)37-17-18-40-20-27(37)26-9-6-5-7-10-26/h1,5-7,9-10,21,23-25,27H,8,11-20H2,2-3H3,(H,33,34,35). The van der Waals surface area contributed by atoms with E-state index in [0.717, 1.165) is 56.1 Å². The third-order valence-electron chi connectivity index (χ3n) is 9.21. The number of rotatable bonds is 8. The van der Waals surface area contributed by atoms with E-state index in [9.17, 15) is 4.79 Å². The molecule has 8 heteroatoms. The summed E-state index contributed by atoms with van der Waals surface area (Å²) in [5, 5.41) is 3.70. The molecule has 210 valence electrons. The summed E-state index contributed by atoms with van der Waals surface area (Å²) < 4.78 is 8.30. The highest BCUT2D eigenvalue weighted by Gasteiger charge is 2.33. The van der Waals surface area contributed by atoms with Crippen LogP contribution in [0.2, 0.25) is 0 Å². The Hall–Kier alpha value is -3.44. The first-order valence-electron chi connectivity index (χ1n) is 14.9. The number of terminal acetylenes is 1. The first-order chi connectivity index (χ1) is 19.5. The SMILES string of the molecule is C#CC1CCC(Cn2c(N3CCOCC3c3ccccc3)nc3nc(C(C)=O)nc(NC(C)C4CCC4)c32)CC1. The second kappa shape index (κ2) is 11.6. The van der Waals surface area contributed by atoms with E-state index in [1.165, 1.54) is 31.7 Å². The van der Waals surface area contributed by atoms with Crippen molar-refractivity contribution in [1.82, 2.24) is 19.5 Å². The number of hydrogen-bond donors (Lipinski definition) is 1. The maximum atomic E-state index is 12.5. The average molecular weight is 541 g/mol. The minimum atomic E-state index is -0.154. The predicted octanol–water partition coefficient (Wildman–Crippen LogP) is 5.65. The molecule has 3 aromatic rings. The topological polar surface area (TPSA) is 85.2 Å². The van der Waals surface area contributed by atoms with Gasteiger partial charge in [-0.15, -0.1) is 12.3 Å². The number of anilines is 2. The highest BCUT2D eigenvalue weighted by molar-refractivity contribution is 5.95. The van der Waals surface area contributed by atoms with E-state index in [4.69, 9.17) is 26.1 Å². The number of morpholine rings is 1. The number of nitrogens with one attached hydrogen (secondary N) is 1. The van der Waals surface area contributed by atoms with Gasteiger partial charge in [-0.1, -0.05) is 36.8 Å². The number of hydrogen-bond acceptors (Lipinski definition) is 7. The van der Waals surface area contributed by atoms with Crippen molar-refractivity contribution in [3.63, 3.8) is 0 Å². The van der Waals surface area contributed by atoms with E-state index in [1.807, 2.05) is 6.07 Å². The zero-order valence-corrected chi connectivity index (χ0v) is 23.7. The molecule has 1 aliphatic heterocycles. The van der Waals surface area contributed by atoms with E-state index in [0.29, 0.717) is 36.6 Å². The molecule has 2 aliphatic carbocycles. The molecule has 2 saturated carbocycles. The van der Waals surface area contributed by atoms with Gasteiger partial charge in [-0.05, 0) is 62.8 Å². The van der Waals surface area contributed by atoms with Crippen LogP contribution in [0.5, 0.6) is 0 Å². The lowest BCUT2D eigenvalue weighted by molar-refractivity contribution is 0.0927. The number of nitrogens with zero attached hydrogens (tertiary/aromatic N) is 5. The van der Waals surface area contributed by atoms with Gasteiger partial charge in [0.25, 0.3) is 0 Å². The smallest absolute Gasteiger partial charge is 0.208 e. The Morgan fingerprint density at radius 3 is 2.58 bits per heavy atom. The van der Waals surface area contributed by atoms with Gasteiger partial charge in [-0.3, -0.25) is 4.79 Å². The monoisotopic (exact) mass is 540 g/mol. The molecule has 8 nitrogen and oxygen atoms in total. The summed E-state index contributed by atoms with van der Waals surface area (Å²) in [4.78, 5) is 29.5. The normalized spacial score (nSPS) is 24.3. The van der Waals surface area contributed by atoms with E-state index >= 15 is 0 Å². The second-order valence-corrected chi connectivity index (χ2v) is 11.8. The zero-order chi connectivity index (χ0) is 27.6. The fraction of sp³-hybridized carbons (Fsp3) is 0.562. The molecule has 1 aromatic carbocycles. The van der Waals surface area contributed by atoms with Crippen molar-refractivity contribution >= 4 is 28.7 Å². The van der Waals surface area contributed by atoms with E-state index in [-0.39, 0.29) is 23.7 Å². The Bertz CT molecular complexity index is 1380. The summed E-state index contributed by atoms with van der Waals surface area (Å²) in [6.07, 6.45) is 13.8. The summed E-state index contributed by atoms with van der Waals surface area (Å²) in [6.45, 7) is 6.51. The third kappa shape index (κ3) is 5.32.